The number of hydrogen-bond donors (Lipinski definition) is 2. The number of nitrogens with zero attached hydrogens (tertiary/aromatic N) is 4. The fourth-order valence-corrected chi connectivity index (χ4v) is 3.96. The third-order valence-electron chi connectivity index (χ3n) is 3.36. The van der Waals surface area contributed by atoms with Gasteiger partial charge in [0.25, 0.3) is 0 Å². The fraction of sp³-hybridized carbons (Fsp3) is 0.417. The second-order valence-electron chi connectivity index (χ2n) is 5.01. The largest absolute Gasteiger partial charge is 0.349 e. The molecular formula is C12H14N6O3S. The Morgan fingerprint density at radius 3 is 2.95 bits per heavy atom. The van der Waals surface area contributed by atoms with Gasteiger partial charge in [-0.25, -0.2) is 18.4 Å². The summed E-state index contributed by atoms with van der Waals surface area (Å²) >= 11 is 0. The maximum absolute atomic E-state index is 11.9. The number of nitrogens with one attached hydrogen (secondary N) is 2. The van der Waals surface area contributed by atoms with Crippen molar-refractivity contribution in [2.24, 2.45) is 5.92 Å². The third-order valence-corrected chi connectivity index (χ3v) is 5.13. The van der Waals surface area contributed by atoms with Gasteiger partial charge in [0.1, 0.15) is 11.5 Å². The van der Waals surface area contributed by atoms with Gasteiger partial charge in [0, 0.05) is 12.4 Å². The highest BCUT2D eigenvalue weighted by atomic mass is 32.2. The number of sulfone groups is 1. The number of amides is 1. The molecule has 0 radical (unpaired) electrons. The predicted molar refractivity (Wildman–Crippen MR) is 76.0 cm³/mol. The van der Waals surface area contributed by atoms with Crippen LogP contribution in [0.15, 0.2) is 18.6 Å². The first-order valence-electron chi connectivity index (χ1n) is 6.69. The maximum atomic E-state index is 11.9. The summed E-state index contributed by atoms with van der Waals surface area (Å²) in [5.74, 6) is 0.0891. The summed E-state index contributed by atoms with van der Waals surface area (Å²) in [4.78, 5) is 24.1. The molecule has 1 atom stereocenters. The Bertz CT molecular complexity index is 773. The molecule has 2 N–H and O–H groups in total. The fourth-order valence-electron chi connectivity index (χ4n) is 2.22. The van der Waals surface area contributed by atoms with Gasteiger partial charge in [-0.15, -0.1) is 0 Å². The lowest BCUT2D eigenvalue weighted by Crippen LogP contribution is -2.31. The van der Waals surface area contributed by atoms with Crippen molar-refractivity contribution in [3.8, 4) is 11.5 Å². The van der Waals surface area contributed by atoms with Crippen LogP contribution in [0.1, 0.15) is 12.2 Å². The molecule has 1 amide bonds. The second-order valence-corrected chi connectivity index (χ2v) is 7.24. The summed E-state index contributed by atoms with van der Waals surface area (Å²) in [6.45, 7) is 0.155. The van der Waals surface area contributed by atoms with Crippen LogP contribution in [0.3, 0.4) is 0 Å². The van der Waals surface area contributed by atoms with E-state index in [1.54, 1.807) is 6.20 Å². The van der Waals surface area contributed by atoms with Crippen LogP contribution >= 0.6 is 0 Å². The van der Waals surface area contributed by atoms with Crippen LogP contribution in [0.2, 0.25) is 0 Å². The summed E-state index contributed by atoms with van der Waals surface area (Å²) in [5, 5.41) is 9.37. The summed E-state index contributed by atoms with van der Waals surface area (Å²) < 4.78 is 22.7. The Labute approximate surface area is 126 Å². The van der Waals surface area contributed by atoms with E-state index >= 15 is 0 Å². The monoisotopic (exact) mass is 322 g/mol. The zero-order chi connectivity index (χ0) is 15.6. The van der Waals surface area contributed by atoms with Crippen molar-refractivity contribution in [1.82, 2.24) is 30.5 Å². The highest BCUT2D eigenvalue weighted by Crippen LogP contribution is 2.18. The number of aromatic amines is 1. The van der Waals surface area contributed by atoms with Gasteiger partial charge in [0.15, 0.2) is 9.84 Å². The highest BCUT2D eigenvalue weighted by Gasteiger charge is 2.32. The molecule has 1 aliphatic heterocycles. The van der Waals surface area contributed by atoms with Crippen molar-refractivity contribution in [3.63, 3.8) is 0 Å². The molecule has 0 spiro atoms. The Morgan fingerprint density at radius 2 is 2.27 bits per heavy atom. The highest BCUT2D eigenvalue weighted by molar-refractivity contribution is 7.91. The first-order valence-corrected chi connectivity index (χ1v) is 8.51. The molecule has 2 aromatic rings. The van der Waals surface area contributed by atoms with E-state index in [1.165, 1.54) is 12.4 Å². The molecule has 0 unspecified atom stereocenters. The molecule has 2 aromatic heterocycles. The molecule has 0 bridgehead atoms. The molecule has 3 heterocycles. The molecule has 0 aliphatic carbocycles. The van der Waals surface area contributed by atoms with Crippen LogP contribution in [0.5, 0.6) is 0 Å². The topological polar surface area (TPSA) is 131 Å². The van der Waals surface area contributed by atoms with Crippen LogP contribution in [-0.4, -0.2) is 51.0 Å². The molecule has 1 fully saturated rings. The molecule has 1 aliphatic rings. The third kappa shape index (κ3) is 3.27. The summed E-state index contributed by atoms with van der Waals surface area (Å²) in [6.07, 6.45) is 4.99. The maximum Gasteiger partial charge on any atom is 0.224 e. The lowest BCUT2D eigenvalue weighted by molar-refractivity contribution is -0.124. The minimum atomic E-state index is -3.07. The number of rotatable bonds is 4. The number of aromatic nitrogens is 5. The van der Waals surface area contributed by atoms with Gasteiger partial charge in [0.2, 0.25) is 11.7 Å². The Hall–Kier alpha value is -2.36. The van der Waals surface area contributed by atoms with Crippen LogP contribution in [0.25, 0.3) is 11.5 Å². The van der Waals surface area contributed by atoms with E-state index in [-0.39, 0.29) is 24.0 Å². The molecule has 1 saturated heterocycles. The number of H-pyrrole nitrogens is 1. The summed E-state index contributed by atoms with van der Waals surface area (Å²) in [7, 11) is -3.07. The molecule has 0 aromatic carbocycles. The van der Waals surface area contributed by atoms with Crippen molar-refractivity contribution in [3.05, 3.63) is 24.4 Å². The first-order chi connectivity index (χ1) is 10.5. The molecule has 9 nitrogen and oxygen atoms in total. The molecule has 22 heavy (non-hydrogen) atoms. The van der Waals surface area contributed by atoms with E-state index in [4.69, 9.17) is 0 Å². The average molecular weight is 322 g/mol. The van der Waals surface area contributed by atoms with Crippen LogP contribution in [0, 0.1) is 5.92 Å². The van der Waals surface area contributed by atoms with Gasteiger partial charge < -0.3 is 5.32 Å². The zero-order valence-electron chi connectivity index (χ0n) is 11.6. The van der Waals surface area contributed by atoms with Crippen LogP contribution in [-0.2, 0) is 21.2 Å². The van der Waals surface area contributed by atoms with E-state index in [2.05, 4.69) is 30.5 Å². The number of carbonyl (C=O) groups is 1. The van der Waals surface area contributed by atoms with Crippen molar-refractivity contribution >= 4 is 15.7 Å². The molecule has 3 rings (SSSR count). The van der Waals surface area contributed by atoms with Gasteiger partial charge in [-0.05, 0) is 6.42 Å². The molecule has 116 valence electrons. The van der Waals surface area contributed by atoms with E-state index in [9.17, 15) is 13.2 Å². The Morgan fingerprint density at radius 1 is 1.41 bits per heavy atom. The summed E-state index contributed by atoms with van der Waals surface area (Å²) in [5.41, 5.74) is 0.526. The van der Waals surface area contributed by atoms with Crippen LogP contribution < -0.4 is 5.32 Å². The first kappa shape index (κ1) is 14.6. The average Bonchev–Trinajstić information content (AvgIpc) is 3.12. The number of hydrogen-bond acceptors (Lipinski definition) is 7. The lowest BCUT2D eigenvalue weighted by Gasteiger charge is -2.07. The van der Waals surface area contributed by atoms with E-state index in [1.807, 2.05) is 0 Å². The van der Waals surface area contributed by atoms with Crippen molar-refractivity contribution in [1.29, 1.82) is 0 Å². The van der Waals surface area contributed by atoms with Gasteiger partial charge in [-0.3, -0.25) is 14.9 Å². The normalized spacial score (nSPS) is 19.9. The van der Waals surface area contributed by atoms with Crippen molar-refractivity contribution in [2.75, 3.05) is 11.5 Å². The van der Waals surface area contributed by atoms with Gasteiger partial charge in [-0.1, -0.05) is 0 Å². The Kier molecular flexibility index (Phi) is 3.84. The Balaban J connectivity index is 1.59. The smallest absolute Gasteiger partial charge is 0.224 e. The standard InChI is InChI=1S/C12H14N6O3S/c19-12(8-1-4-22(20,21)7-8)15-6-10-16-11(18-17-10)9-5-13-2-3-14-9/h2-3,5,8H,1,4,6-7H2,(H,15,19)(H,16,17,18)/t8-/m0/s1. The van der Waals surface area contributed by atoms with E-state index in [0.717, 1.165) is 0 Å². The molecular weight excluding hydrogens is 308 g/mol. The van der Waals surface area contributed by atoms with Gasteiger partial charge >= 0.3 is 0 Å². The molecule has 10 heteroatoms. The lowest BCUT2D eigenvalue weighted by atomic mass is 10.1. The van der Waals surface area contributed by atoms with Gasteiger partial charge in [-0.2, -0.15) is 5.10 Å². The molecule has 0 saturated carbocycles. The quantitative estimate of drug-likeness (QED) is 0.762. The predicted octanol–water partition coefficient (Wildman–Crippen LogP) is -0.687. The van der Waals surface area contributed by atoms with E-state index in [0.29, 0.717) is 23.8 Å². The SMILES string of the molecule is O=C(NCc1nc(-c2cnccn2)n[nH]1)[C@H]1CCS(=O)(=O)C1. The van der Waals surface area contributed by atoms with Crippen molar-refractivity contribution < 1.29 is 13.2 Å². The second kappa shape index (κ2) is 5.79. The minimum absolute atomic E-state index is 0.0736. The van der Waals surface area contributed by atoms with E-state index < -0.39 is 15.8 Å². The minimum Gasteiger partial charge on any atom is -0.349 e. The zero-order valence-corrected chi connectivity index (χ0v) is 12.4. The van der Waals surface area contributed by atoms with Crippen LogP contribution in [0.4, 0.5) is 0 Å². The summed E-state index contributed by atoms with van der Waals surface area (Å²) in [6, 6.07) is 0. The number of carbonyl (C=O) groups excluding carboxylic acids is 1. The van der Waals surface area contributed by atoms with Crippen molar-refractivity contribution in [2.45, 2.75) is 13.0 Å². The van der Waals surface area contributed by atoms with Gasteiger partial charge in [0.05, 0.1) is 30.2 Å².